The molecule has 0 spiro atoms. The number of benzene rings is 1. The van der Waals surface area contributed by atoms with Gasteiger partial charge in [-0.25, -0.2) is 4.79 Å². The van der Waals surface area contributed by atoms with Gasteiger partial charge in [-0.15, -0.1) is 0 Å². The molecule has 3 rings (SSSR count). The highest BCUT2D eigenvalue weighted by molar-refractivity contribution is 5.92. The van der Waals surface area contributed by atoms with Gasteiger partial charge in [-0.1, -0.05) is 32.9 Å². The van der Waals surface area contributed by atoms with Gasteiger partial charge in [-0.2, -0.15) is 10.2 Å². The molecular weight excluding hydrogens is 416 g/mol. The Labute approximate surface area is 196 Å². The van der Waals surface area contributed by atoms with Crippen molar-refractivity contribution in [1.29, 1.82) is 5.26 Å². The van der Waals surface area contributed by atoms with E-state index in [2.05, 4.69) is 42.5 Å². The van der Waals surface area contributed by atoms with Crippen molar-refractivity contribution in [2.45, 2.75) is 71.0 Å². The summed E-state index contributed by atoms with van der Waals surface area (Å²) in [6, 6.07) is 9.32. The fourth-order valence-electron chi connectivity index (χ4n) is 4.41. The van der Waals surface area contributed by atoms with Crippen molar-refractivity contribution in [2.24, 2.45) is 5.41 Å². The topological polar surface area (TPSA) is 103 Å². The lowest BCUT2D eigenvalue weighted by atomic mass is 9.87. The third kappa shape index (κ3) is 6.11. The molecule has 1 aromatic heterocycles. The third-order valence-corrected chi connectivity index (χ3v) is 6.14. The number of rotatable bonds is 8. The number of nitrogens with one attached hydrogen (secondary N) is 2. The first kappa shape index (κ1) is 24.7. The first-order valence-corrected chi connectivity index (χ1v) is 11.7. The molecule has 8 nitrogen and oxygen atoms in total. The number of carbonyl (C=O) groups is 1. The molecule has 1 aliphatic rings. The van der Waals surface area contributed by atoms with Gasteiger partial charge < -0.3 is 15.5 Å². The number of likely N-dealkylation sites (N-methyl/N-ethyl adjacent to an activating group) is 1. The summed E-state index contributed by atoms with van der Waals surface area (Å²) in [6.45, 7) is 7.43. The number of amides is 1. The van der Waals surface area contributed by atoms with E-state index in [4.69, 9.17) is 0 Å². The van der Waals surface area contributed by atoms with Crippen LogP contribution in [-0.4, -0.2) is 52.6 Å². The summed E-state index contributed by atoms with van der Waals surface area (Å²) in [5.41, 5.74) is -0.528. The quantitative estimate of drug-likeness (QED) is 0.638. The number of para-hydroxylation sites is 1. The van der Waals surface area contributed by atoms with Crippen LogP contribution in [0.1, 0.15) is 52.9 Å². The molecular formula is C25H36N6O2. The van der Waals surface area contributed by atoms with Crippen molar-refractivity contribution in [2.75, 3.05) is 26.0 Å². The van der Waals surface area contributed by atoms with E-state index in [1.54, 1.807) is 4.57 Å². The minimum Gasteiger partial charge on any atom is -0.358 e. The fourth-order valence-corrected chi connectivity index (χ4v) is 4.41. The lowest BCUT2D eigenvalue weighted by Crippen LogP contribution is -2.52. The molecule has 0 aliphatic heterocycles. The van der Waals surface area contributed by atoms with Crippen molar-refractivity contribution < 1.29 is 4.79 Å². The molecule has 8 heteroatoms. The minimum atomic E-state index is -0.806. The van der Waals surface area contributed by atoms with Gasteiger partial charge in [-0.3, -0.25) is 9.36 Å². The van der Waals surface area contributed by atoms with E-state index in [1.807, 2.05) is 43.3 Å². The van der Waals surface area contributed by atoms with Crippen LogP contribution >= 0.6 is 0 Å². The highest BCUT2D eigenvalue weighted by Gasteiger charge is 2.38. The molecule has 0 bridgehead atoms. The van der Waals surface area contributed by atoms with E-state index in [1.165, 1.54) is 0 Å². The van der Waals surface area contributed by atoms with Gasteiger partial charge in [0.25, 0.3) is 0 Å². The van der Waals surface area contributed by atoms with Crippen LogP contribution in [0.25, 0.3) is 10.9 Å². The van der Waals surface area contributed by atoms with Gasteiger partial charge in [0.15, 0.2) is 0 Å². The molecule has 178 valence electrons. The van der Waals surface area contributed by atoms with Crippen LogP contribution in [0.4, 0.5) is 5.82 Å². The predicted octanol–water partition coefficient (Wildman–Crippen LogP) is 3.13. The third-order valence-electron chi connectivity index (χ3n) is 6.14. The Morgan fingerprint density at radius 3 is 2.55 bits per heavy atom. The average molecular weight is 453 g/mol. The molecule has 1 saturated carbocycles. The maximum absolute atomic E-state index is 13.4. The predicted molar refractivity (Wildman–Crippen MR) is 131 cm³/mol. The van der Waals surface area contributed by atoms with Gasteiger partial charge in [0.05, 0.1) is 11.6 Å². The van der Waals surface area contributed by atoms with Gasteiger partial charge in [0.2, 0.25) is 5.91 Å². The molecule has 0 saturated heterocycles. The minimum absolute atomic E-state index is 0.152. The molecule has 1 aromatic carbocycles. The molecule has 33 heavy (non-hydrogen) atoms. The molecule has 1 fully saturated rings. The Bertz CT molecular complexity index is 1090. The number of carbonyl (C=O) groups excluding carboxylic acids is 1. The van der Waals surface area contributed by atoms with Crippen LogP contribution in [0.5, 0.6) is 0 Å². The van der Waals surface area contributed by atoms with Gasteiger partial charge in [-0.05, 0) is 63.7 Å². The fraction of sp³-hybridized carbons (Fsp3) is 0.600. The number of anilines is 1. The maximum Gasteiger partial charge on any atom is 0.350 e. The zero-order valence-electron chi connectivity index (χ0n) is 20.4. The zero-order valence-corrected chi connectivity index (χ0v) is 20.4. The second-order valence-electron chi connectivity index (χ2n) is 10.6. The standard InChI is InChI=1S/C25H36N6O2/c1-24(2,3)16-19(22(32)29-25(17-26)12-8-9-13-25)27-21-18-10-6-7-11-20(18)31(23(33)28-21)15-14-30(4)5/h6-7,10-11,19H,8-9,12-16H2,1-5H3,(H,29,32)(H,27,28,33)/t19-/m0/s1. The Hall–Kier alpha value is -2.92. The lowest BCUT2D eigenvalue weighted by Gasteiger charge is -2.30. The largest absolute Gasteiger partial charge is 0.358 e. The second kappa shape index (κ2) is 9.92. The summed E-state index contributed by atoms with van der Waals surface area (Å²) in [4.78, 5) is 32.7. The summed E-state index contributed by atoms with van der Waals surface area (Å²) >= 11 is 0. The number of nitriles is 1. The van der Waals surface area contributed by atoms with E-state index in [-0.39, 0.29) is 17.0 Å². The second-order valence-corrected chi connectivity index (χ2v) is 10.6. The summed E-state index contributed by atoms with van der Waals surface area (Å²) in [7, 11) is 3.93. The highest BCUT2D eigenvalue weighted by Crippen LogP contribution is 2.30. The Balaban J connectivity index is 1.96. The van der Waals surface area contributed by atoms with Crippen molar-refractivity contribution in [1.82, 2.24) is 19.8 Å². The van der Waals surface area contributed by atoms with E-state index < -0.39 is 11.6 Å². The Morgan fingerprint density at radius 2 is 1.94 bits per heavy atom. The molecule has 0 radical (unpaired) electrons. The van der Waals surface area contributed by atoms with Crippen LogP contribution in [0, 0.1) is 16.7 Å². The highest BCUT2D eigenvalue weighted by atomic mass is 16.2. The first-order chi connectivity index (χ1) is 15.5. The van der Waals surface area contributed by atoms with Crippen molar-refractivity contribution in [3.05, 3.63) is 34.7 Å². The number of hydrogen-bond donors (Lipinski definition) is 2. The zero-order chi connectivity index (χ0) is 24.2. The molecule has 1 aliphatic carbocycles. The molecule has 2 aromatic rings. The summed E-state index contributed by atoms with van der Waals surface area (Å²) < 4.78 is 1.67. The molecule has 1 amide bonds. The normalized spacial score (nSPS) is 16.5. The van der Waals surface area contributed by atoms with E-state index in [0.29, 0.717) is 38.2 Å². The lowest BCUT2D eigenvalue weighted by molar-refractivity contribution is -0.123. The number of fused-ring (bicyclic) bond motifs is 1. The van der Waals surface area contributed by atoms with E-state index >= 15 is 0 Å². The summed E-state index contributed by atoms with van der Waals surface area (Å²) in [5.74, 6) is 0.176. The van der Waals surface area contributed by atoms with E-state index in [0.717, 1.165) is 23.7 Å². The molecule has 1 atom stereocenters. The van der Waals surface area contributed by atoms with E-state index in [9.17, 15) is 14.9 Å². The van der Waals surface area contributed by atoms with Crippen LogP contribution in [0.3, 0.4) is 0 Å². The summed E-state index contributed by atoms with van der Waals surface area (Å²) in [6.07, 6.45) is 3.73. The first-order valence-electron chi connectivity index (χ1n) is 11.7. The SMILES string of the molecule is CN(C)CCn1c(=O)nc(N[C@@H](CC(C)(C)C)C(=O)NC2(C#N)CCCC2)c2ccccc21. The Morgan fingerprint density at radius 1 is 1.27 bits per heavy atom. The van der Waals surface area contributed by atoms with Gasteiger partial charge in [0, 0.05) is 18.5 Å². The van der Waals surface area contributed by atoms with Crippen LogP contribution < -0.4 is 16.3 Å². The molecule has 1 heterocycles. The van der Waals surface area contributed by atoms with Crippen LogP contribution in [-0.2, 0) is 11.3 Å². The molecule has 0 unspecified atom stereocenters. The Kier molecular flexibility index (Phi) is 7.43. The average Bonchev–Trinajstić information content (AvgIpc) is 3.20. The van der Waals surface area contributed by atoms with Crippen molar-refractivity contribution >= 4 is 22.6 Å². The summed E-state index contributed by atoms with van der Waals surface area (Å²) in [5, 5.41) is 16.8. The van der Waals surface area contributed by atoms with Crippen molar-refractivity contribution in [3.8, 4) is 6.07 Å². The smallest absolute Gasteiger partial charge is 0.350 e. The molecule has 2 N–H and O–H groups in total. The van der Waals surface area contributed by atoms with Crippen LogP contribution in [0.15, 0.2) is 29.1 Å². The van der Waals surface area contributed by atoms with Crippen LogP contribution in [0.2, 0.25) is 0 Å². The number of nitrogens with zero attached hydrogens (tertiary/aromatic N) is 4. The monoisotopic (exact) mass is 452 g/mol. The van der Waals surface area contributed by atoms with Crippen molar-refractivity contribution in [3.63, 3.8) is 0 Å². The maximum atomic E-state index is 13.4. The number of hydrogen-bond acceptors (Lipinski definition) is 6. The van der Waals surface area contributed by atoms with Gasteiger partial charge in [0.1, 0.15) is 17.4 Å². The number of aromatic nitrogens is 2. The van der Waals surface area contributed by atoms with Gasteiger partial charge >= 0.3 is 5.69 Å².